The predicted molar refractivity (Wildman–Crippen MR) is 204 cm³/mol. The first kappa shape index (κ1) is 41.4. The molecule has 1 heterocycles. The normalized spacial score (nSPS) is 16.9. The molecule has 0 fully saturated rings. The van der Waals surface area contributed by atoms with E-state index in [0.29, 0.717) is 52.6 Å². The lowest BCUT2D eigenvalue weighted by molar-refractivity contribution is -0.110. The molecule has 2 atom stereocenters. The number of rotatable bonds is 15. The van der Waals surface area contributed by atoms with E-state index >= 15 is 0 Å². The zero-order valence-electron chi connectivity index (χ0n) is 29.1. The van der Waals surface area contributed by atoms with Crippen molar-refractivity contribution in [2.75, 3.05) is 32.1 Å². The highest BCUT2D eigenvalue weighted by molar-refractivity contribution is 7.80. The first-order valence-corrected chi connectivity index (χ1v) is 20.2. The number of hydrogen-bond acceptors (Lipinski definition) is 11. The van der Waals surface area contributed by atoms with Gasteiger partial charge in [0.15, 0.2) is 10.9 Å². The summed E-state index contributed by atoms with van der Waals surface area (Å²) >= 11 is 5.37. The van der Waals surface area contributed by atoms with Gasteiger partial charge in [0.05, 0.1) is 18.4 Å². The lowest BCUT2D eigenvalue weighted by Gasteiger charge is -2.35. The van der Waals surface area contributed by atoms with Gasteiger partial charge >= 0.3 is 21.2 Å². The van der Waals surface area contributed by atoms with Crippen molar-refractivity contribution in [3.63, 3.8) is 0 Å². The highest BCUT2D eigenvalue weighted by atomic mass is 32.1. The van der Waals surface area contributed by atoms with Crippen molar-refractivity contribution in [2.45, 2.75) is 23.8 Å². The van der Waals surface area contributed by atoms with Crippen molar-refractivity contribution in [1.29, 1.82) is 0 Å². The number of phenols is 1. The molecule has 55 heavy (non-hydrogen) atoms. The van der Waals surface area contributed by atoms with E-state index in [4.69, 9.17) is 21.7 Å². The van der Waals surface area contributed by atoms with Crippen LogP contribution in [-0.2, 0) is 13.9 Å². The number of fused-ring (bicyclic) bond motifs is 2. The van der Waals surface area contributed by atoms with E-state index in [1.54, 1.807) is 60.5 Å². The van der Waals surface area contributed by atoms with Crippen molar-refractivity contribution in [2.24, 2.45) is 11.0 Å². The molecule has 0 saturated heterocycles. The van der Waals surface area contributed by atoms with Crippen LogP contribution in [0.25, 0.3) is 0 Å². The van der Waals surface area contributed by atoms with Crippen LogP contribution in [0.5, 0.6) is 17.2 Å². The maximum atomic E-state index is 12.5. The number of hydrogen-bond donors (Lipinski definition) is 9. The topological polar surface area (TPSA) is 268 Å². The van der Waals surface area contributed by atoms with Crippen molar-refractivity contribution in [3.8, 4) is 17.2 Å². The SMILES string of the molecule is CN(CCCOc1cccc(/C=N/NC(=S)Nc2ccc(C3c4ccc(O)cc4OC4=CC(=O)C=CC43)c(C(=O)O)c2)c1)CCC(O)(P(=O)(O)O)P(=O)(O)O. The lowest BCUT2D eigenvalue weighted by atomic mass is 9.74. The number of ketones is 1. The molecular weight excluding hydrogens is 778 g/mol. The summed E-state index contributed by atoms with van der Waals surface area (Å²) in [4.78, 5) is 63.4. The molecule has 3 aromatic carbocycles. The Morgan fingerprint density at radius 3 is 2.49 bits per heavy atom. The maximum Gasteiger partial charge on any atom is 0.369 e. The number of phenolic OH excluding ortho intramolecular Hbond substituents is 1. The number of benzene rings is 3. The van der Waals surface area contributed by atoms with E-state index in [1.807, 2.05) is 0 Å². The van der Waals surface area contributed by atoms with Gasteiger partial charge in [-0.1, -0.05) is 30.3 Å². The third-order valence-electron chi connectivity index (χ3n) is 8.83. The number of anilines is 1. The van der Waals surface area contributed by atoms with E-state index in [9.17, 15) is 53.6 Å². The van der Waals surface area contributed by atoms with E-state index in [-0.39, 0.29) is 35.4 Å². The number of allylic oxidation sites excluding steroid dienone is 3. The molecule has 0 spiro atoms. The number of carboxylic acid groups (broad SMARTS) is 1. The zero-order chi connectivity index (χ0) is 40.1. The first-order chi connectivity index (χ1) is 25.9. The molecule has 17 nitrogen and oxygen atoms in total. The van der Waals surface area contributed by atoms with Crippen molar-refractivity contribution >= 4 is 56.2 Å². The minimum absolute atomic E-state index is 0.0117. The number of carboxylic acids is 1. The van der Waals surface area contributed by atoms with Crippen LogP contribution < -0.4 is 20.2 Å². The Kier molecular flexibility index (Phi) is 12.8. The third-order valence-corrected chi connectivity index (χ3v) is 12.9. The van der Waals surface area contributed by atoms with Gasteiger partial charge in [0.1, 0.15) is 23.0 Å². The average Bonchev–Trinajstić information content (AvgIpc) is 3.10. The number of nitrogens with zero attached hydrogens (tertiary/aromatic N) is 2. The van der Waals surface area contributed by atoms with Gasteiger partial charge in [-0.3, -0.25) is 19.4 Å². The fraction of sp³-hybridized carbons (Fsp3) is 0.257. The summed E-state index contributed by atoms with van der Waals surface area (Å²) in [5, 5.41) is 34.0. The van der Waals surface area contributed by atoms with E-state index < -0.39 is 44.5 Å². The average molecular weight is 817 g/mol. The second-order valence-electron chi connectivity index (χ2n) is 12.8. The second kappa shape index (κ2) is 17.0. The van der Waals surface area contributed by atoms with Crippen molar-refractivity contribution in [3.05, 3.63) is 107 Å². The summed E-state index contributed by atoms with van der Waals surface area (Å²) in [6.07, 6.45) is 5.53. The van der Waals surface area contributed by atoms with Gasteiger partial charge in [0.2, 0.25) is 0 Å². The molecule has 1 aliphatic heterocycles. The lowest BCUT2D eigenvalue weighted by Crippen LogP contribution is -2.34. The second-order valence-corrected chi connectivity index (χ2v) is 17.2. The molecule has 292 valence electrons. The molecule has 2 aliphatic rings. The highest BCUT2D eigenvalue weighted by Gasteiger charge is 2.58. The Balaban J connectivity index is 1.16. The smallest absolute Gasteiger partial charge is 0.369 e. The van der Waals surface area contributed by atoms with Crippen LogP contribution in [0.1, 0.15) is 45.8 Å². The van der Waals surface area contributed by atoms with Gasteiger partial charge < -0.3 is 54.6 Å². The Morgan fingerprint density at radius 2 is 1.78 bits per heavy atom. The number of aromatic hydroxyl groups is 1. The molecule has 0 radical (unpaired) electrons. The standard InChI is InChI=1S/C35H38N4O13P2S/c1-39(14-12-35(44,53(45,46)47)54(48,49)50)13-3-15-51-25-5-2-4-21(16-25)20-36-38-34(55)37-22-6-9-26(29(17-22)33(42)43)32-27-10-7-23(40)18-30(27)52-31-19-24(41)8-11-28(31)32/h2,4-11,16-20,27,32,41,44H,3,12-15H2,1H3,(H,42,43)(H2,37,38,55)(H2,45,46,47)(H2,48,49,50)/b36-20+. The first-order valence-electron chi connectivity index (χ1n) is 16.5. The molecule has 5 rings (SSSR count). The summed E-state index contributed by atoms with van der Waals surface area (Å²) in [7, 11) is -9.48. The number of thiocarbonyl (C=S) groups is 1. The van der Waals surface area contributed by atoms with Crippen LogP contribution >= 0.6 is 27.4 Å². The zero-order valence-corrected chi connectivity index (χ0v) is 31.7. The molecule has 2 unspecified atom stereocenters. The van der Waals surface area contributed by atoms with Crippen LogP contribution in [-0.4, -0.2) is 94.7 Å². The molecule has 0 aromatic heterocycles. The fourth-order valence-electron chi connectivity index (χ4n) is 6.04. The molecule has 0 bridgehead atoms. The van der Waals surface area contributed by atoms with Gasteiger partial charge in [-0.25, -0.2) is 4.79 Å². The van der Waals surface area contributed by atoms with E-state index in [2.05, 4.69) is 15.8 Å². The summed E-state index contributed by atoms with van der Waals surface area (Å²) in [5.74, 6) is -1.32. The van der Waals surface area contributed by atoms with Gasteiger partial charge in [0.25, 0.3) is 5.08 Å². The highest BCUT2D eigenvalue weighted by Crippen LogP contribution is 2.68. The van der Waals surface area contributed by atoms with Crippen LogP contribution in [0.2, 0.25) is 0 Å². The van der Waals surface area contributed by atoms with Crippen LogP contribution in [0.3, 0.4) is 0 Å². The Labute approximate surface area is 319 Å². The quantitative estimate of drug-likeness (QED) is 0.0348. The largest absolute Gasteiger partial charge is 0.508 e. The van der Waals surface area contributed by atoms with Gasteiger partial charge in [-0.05, 0) is 73.2 Å². The van der Waals surface area contributed by atoms with Crippen LogP contribution in [0.4, 0.5) is 5.69 Å². The minimum atomic E-state index is -5.52. The minimum Gasteiger partial charge on any atom is -0.508 e. The number of carbonyl (C=O) groups excluding carboxylic acids is 1. The number of hydrazone groups is 1. The summed E-state index contributed by atoms with van der Waals surface area (Å²) < 4.78 is 34.8. The summed E-state index contributed by atoms with van der Waals surface area (Å²) in [5.41, 5.74) is 4.80. The predicted octanol–water partition coefficient (Wildman–Crippen LogP) is 3.67. The number of carbonyl (C=O) groups is 2. The van der Waals surface area contributed by atoms with Crippen LogP contribution in [0.15, 0.2) is 89.8 Å². The number of ether oxygens (including phenoxy) is 2. The molecular formula is C35H38N4O13P2S. The van der Waals surface area contributed by atoms with E-state index in [0.717, 1.165) is 0 Å². The maximum absolute atomic E-state index is 12.5. The summed E-state index contributed by atoms with van der Waals surface area (Å²) in [6.45, 7) is 0.361. The molecule has 0 amide bonds. The Morgan fingerprint density at radius 1 is 1.05 bits per heavy atom. The van der Waals surface area contributed by atoms with Crippen LogP contribution in [0, 0.1) is 5.92 Å². The molecule has 9 N–H and O–H groups in total. The number of nitrogens with one attached hydrogen (secondary N) is 2. The summed E-state index contributed by atoms with van der Waals surface area (Å²) in [6, 6.07) is 16.3. The molecule has 20 heteroatoms. The van der Waals surface area contributed by atoms with Gasteiger partial charge in [-0.2, -0.15) is 5.10 Å². The number of aromatic carboxylic acids is 1. The van der Waals surface area contributed by atoms with E-state index in [1.165, 1.54) is 36.6 Å². The number of aliphatic hydroxyl groups is 1. The molecule has 0 saturated carbocycles. The molecule has 1 aliphatic carbocycles. The third kappa shape index (κ3) is 9.93. The van der Waals surface area contributed by atoms with Crippen molar-refractivity contribution < 1.29 is 63.1 Å². The fourth-order valence-corrected chi connectivity index (χ4v) is 8.35. The molecule has 3 aromatic rings. The Bertz CT molecular complexity index is 2140. The Hall–Kier alpha value is -4.74. The van der Waals surface area contributed by atoms with Gasteiger partial charge in [0, 0.05) is 54.7 Å². The monoisotopic (exact) mass is 816 g/mol. The van der Waals surface area contributed by atoms with Gasteiger partial charge in [-0.15, -0.1) is 0 Å². The van der Waals surface area contributed by atoms with Crippen molar-refractivity contribution in [1.82, 2.24) is 10.3 Å².